The van der Waals surface area contributed by atoms with Gasteiger partial charge in [-0.2, -0.15) is 0 Å². The largest absolute Gasteiger partial charge is 0.487 e. The Morgan fingerprint density at radius 2 is 1.90 bits per heavy atom. The van der Waals surface area contributed by atoms with E-state index < -0.39 is 18.3 Å². The second kappa shape index (κ2) is 7.76. The molecule has 2 aromatic rings. The number of ether oxygens (including phenoxy) is 1. The van der Waals surface area contributed by atoms with Gasteiger partial charge in [0.05, 0.1) is 17.8 Å². The highest BCUT2D eigenvalue weighted by atomic mass is 16.5. The van der Waals surface area contributed by atoms with Crippen LogP contribution in [-0.4, -0.2) is 63.6 Å². The van der Waals surface area contributed by atoms with Crippen LogP contribution in [0.25, 0.3) is 11.3 Å². The van der Waals surface area contributed by atoms with Gasteiger partial charge in [-0.15, -0.1) is 0 Å². The summed E-state index contributed by atoms with van der Waals surface area (Å²) in [6, 6.07) is 13.5. The highest BCUT2D eigenvalue weighted by Gasteiger charge is 2.38. The molecule has 4 N–H and O–H groups in total. The predicted octanol–water partition coefficient (Wildman–Crippen LogP) is 1.37. The van der Waals surface area contributed by atoms with Crippen molar-refractivity contribution in [3.63, 3.8) is 0 Å². The molecule has 0 aliphatic carbocycles. The van der Waals surface area contributed by atoms with Gasteiger partial charge in [0.1, 0.15) is 18.5 Å². The molecular formula is C24H26N2O5. The maximum atomic E-state index is 12.6. The number of carbonyl (C=O) groups excluding carboxylic acids is 1. The molecule has 31 heavy (non-hydrogen) atoms. The monoisotopic (exact) mass is 422 g/mol. The number of nitrogens with one attached hydrogen (secondary N) is 1. The number of β-amino-alcohol motifs (C(OH)–C–C–N with tert-alkyl or cyclic N) is 1. The summed E-state index contributed by atoms with van der Waals surface area (Å²) in [6.45, 7) is 3.27. The first-order chi connectivity index (χ1) is 14.9. The summed E-state index contributed by atoms with van der Waals surface area (Å²) in [5.74, 6) is 0.473. The van der Waals surface area contributed by atoms with E-state index in [1.807, 2.05) is 48.2 Å². The minimum atomic E-state index is -1.10. The van der Waals surface area contributed by atoms with Crippen molar-refractivity contribution in [3.8, 4) is 0 Å². The average Bonchev–Trinajstić information content (AvgIpc) is 3.32. The summed E-state index contributed by atoms with van der Waals surface area (Å²) in [4.78, 5) is 14.6. The molecule has 3 aliphatic rings. The number of fused-ring (bicyclic) bond motifs is 2. The van der Waals surface area contributed by atoms with Crippen LogP contribution in [0.1, 0.15) is 29.2 Å². The third kappa shape index (κ3) is 3.43. The zero-order valence-corrected chi connectivity index (χ0v) is 17.3. The van der Waals surface area contributed by atoms with Crippen molar-refractivity contribution in [1.29, 1.82) is 0 Å². The molecule has 5 rings (SSSR count). The number of aliphatic hydroxyl groups is 3. The molecule has 4 unspecified atom stereocenters. The third-order valence-corrected chi connectivity index (χ3v) is 6.61. The van der Waals surface area contributed by atoms with Crippen molar-refractivity contribution in [2.45, 2.75) is 44.3 Å². The summed E-state index contributed by atoms with van der Waals surface area (Å²) < 4.78 is 5.96. The quantitative estimate of drug-likeness (QED) is 0.558. The van der Waals surface area contributed by atoms with E-state index in [2.05, 4.69) is 11.4 Å². The predicted molar refractivity (Wildman–Crippen MR) is 116 cm³/mol. The second-order valence-corrected chi connectivity index (χ2v) is 8.52. The molecule has 3 aliphatic heterocycles. The molecule has 0 aromatic heterocycles. The molecule has 3 heterocycles. The normalized spacial score (nSPS) is 30.0. The number of hydrogen-bond donors (Lipinski definition) is 4. The van der Waals surface area contributed by atoms with Crippen molar-refractivity contribution < 1.29 is 24.9 Å². The Bertz CT molecular complexity index is 1070. The highest BCUT2D eigenvalue weighted by molar-refractivity contribution is 6.36. The topological polar surface area (TPSA) is 102 Å². The van der Waals surface area contributed by atoms with Gasteiger partial charge >= 0.3 is 0 Å². The number of nitrogens with zero attached hydrogens (tertiary/aromatic N) is 1. The van der Waals surface area contributed by atoms with Gasteiger partial charge in [-0.05, 0) is 25.0 Å². The molecular weight excluding hydrogens is 396 g/mol. The van der Waals surface area contributed by atoms with Gasteiger partial charge in [0.15, 0.2) is 0 Å². The van der Waals surface area contributed by atoms with Crippen LogP contribution < -0.4 is 5.32 Å². The maximum Gasteiger partial charge on any atom is 0.260 e. The fourth-order valence-electron chi connectivity index (χ4n) is 4.73. The van der Waals surface area contributed by atoms with E-state index in [1.54, 1.807) is 0 Å². The molecule has 1 fully saturated rings. The summed E-state index contributed by atoms with van der Waals surface area (Å²) in [7, 11) is 0. The van der Waals surface area contributed by atoms with Gasteiger partial charge in [-0.25, -0.2) is 0 Å². The van der Waals surface area contributed by atoms with Crippen molar-refractivity contribution >= 4 is 22.9 Å². The fourth-order valence-corrected chi connectivity index (χ4v) is 4.73. The first-order valence-electron chi connectivity index (χ1n) is 10.6. The molecule has 4 atom stereocenters. The third-order valence-electron chi connectivity index (χ3n) is 6.61. The van der Waals surface area contributed by atoms with Crippen molar-refractivity contribution in [3.05, 3.63) is 64.7 Å². The standard InChI is InChI=1S/C24H26N2O5/c1-13-21(28)22(29)19(27)11-26(13)9-8-14-6-7-16-15(10-14)12-31-23(16)20-17-4-2-3-5-18(17)25-24(20)30/h2-7,10,13,19,21-22,27-29H,8-9,11-12H2,1H3,(H,25,30)/b23-20+. The van der Waals surface area contributed by atoms with E-state index in [0.717, 1.165) is 34.4 Å². The Labute approximate surface area is 180 Å². The van der Waals surface area contributed by atoms with Crippen molar-refractivity contribution in [1.82, 2.24) is 4.90 Å². The van der Waals surface area contributed by atoms with Crippen LogP contribution in [0.5, 0.6) is 0 Å². The first-order valence-corrected chi connectivity index (χ1v) is 10.6. The van der Waals surface area contributed by atoms with Crippen LogP contribution in [0.3, 0.4) is 0 Å². The van der Waals surface area contributed by atoms with E-state index in [-0.39, 0.29) is 11.9 Å². The van der Waals surface area contributed by atoms with E-state index in [1.165, 1.54) is 0 Å². The molecule has 0 radical (unpaired) electrons. The van der Waals surface area contributed by atoms with Crippen LogP contribution in [0.15, 0.2) is 42.5 Å². The molecule has 0 saturated carbocycles. The number of carbonyl (C=O) groups is 1. The zero-order valence-electron chi connectivity index (χ0n) is 17.3. The number of anilines is 1. The molecule has 0 spiro atoms. The Morgan fingerprint density at radius 1 is 1.10 bits per heavy atom. The molecule has 2 aromatic carbocycles. The van der Waals surface area contributed by atoms with Crippen LogP contribution >= 0.6 is 0 Å². The molecule has 7 nitrogen and oxygen atoms in total. The lowest BCUT2D eigenvalue weighted by Crippen LogP contribution is -2.60. The number of piperidine rings is 1. The van der Waals surface area contributed by atoms with Gasteiger partial charge in [-0.1, -0.05) is 36.4 Å². The number of benzene rings is 2. The summed E-state index contributed by atoms with van der Waals surface area (Å²) in [6.07, 6.45) is -2.28. The summed E-state index contributed by atoms with van der Waals surface area (Å²) in [5, 5.41) is 32.9. The minimum Gasteiger partial charge on any atom is -0.487 e. The second-order valence-electron chi connectivity index (χ2n) is 8.52. The van der Waals surface area contributed by atoms with Crippen molar-refractivity contribution in [2.24, 2.45) is 0 Å². The smallest absolute Gasteiger partial charge is 0.260 e. The maximum absolute atomic E-state index is 12.6. The number of aliphatic hydroxyl groups excluding tert-OH is 3. The number of rotatable bonds is 3. The lowest BCUT2D eigenvalue weighted by Gasteiger charge is -2.42. The molecule has 162 valence electrons. The van der Waals surface area contributed by atoms with Crippen LogP contribution in [0.4, 0.5) is 5.69 Å². The van der Waals surface area contributed by atoms with Gasteiger partial charge in [0.25, 0.3) is 5.91 Å². The van der Waals surface area contributed by atoms with E-state index in [9.17, 15) is 20.1 Å². The fraction of sp³-hybridized carbons (Fsp3) is 0.375. The first kappa shape index (κ1) is 20.2. The van der Waals surface area contributed by atoms with Gasteiger partial charge < -0.3 is 25.4 Å². The summed E-state index contributed by atoms with van der Waals surface area (Å²) >= 11 is 0. The lowest BCUT2D eigenvalue weighted by atomic mass is 9.94. The Hall–Kier alpha value is -2.71. The molecule has 1 amide bonds. The Morgan fingerprint density at radius 3 is 2.74 bits per heavy atom. The van der Waals surface area contributed by atoms with Crippen LogP contribution in [0.2, 0.25) is 0 Å². The molecule has 0 bridgehead atoms. The number of para-hydroxylation sites is 1. The van der Waals surface area contributed by atoms with Crippen LogP contribution in [0, 0.1) is 0 Å². The molecule has 1 saturated heterocycles. The van der Waals surface area contributed by atoms with Crippen LogP contribution in [-0.2, 0) is 22.6 Å². The van der Waals surface area contributed by atoms with Gasteiger partial charge in [0, 0.05) is 41.5 Å². The van der Waals surface area contributed by atoms with E-state index in [4.69, 9.17) is 4.74 Å². The number of amides is 1. The van der Waals surface area contributed by atoms with Crippen molar-refractivity contribution in [2.75, 3.05) is 18.4 Å². The number of hydrogen-bond acceptors (Lipinski definition) is 6. The zero-order chi connectivity index (χ0) is 21.7. The average molecular weight is 422 g/mol. The Balaban J connectivity index is 1.36. The molecule has 7 heteroatoms. The minimum absolute atomic E-state index is 0.147. The lowest BCUT2D eigenvalue weighted by molar-refractivity contribution is -0.132. The SMILES string of the molecule is CC1C(O)C(O)C(O)CN1CCc1ccc2c(c1)CO/C2=C1/C(=O)Nc2ccccc21. The Kier molecular flexibility index (Phi) is 5.06. The van der Waals surface area contributed by atoms with E-state index in [0.29, 0.717) is 31.0 Å². The number of likely N-dealkylation sites (tertiary alicyclic amines) is 1. The van der Waals surface area contributed by atoms with Gasteiger partial charge in [0.2, 0.25) is 0 Å². The van der Waals surface area contributed by atoms with E-state index >= 15 is 0 Å². The van der Waals surface area contributed by atoms with Gasteiger partial charge in [-0.3, -0.25) is 9.69 Å². The summed E-state index contributed by atoms with van der Waals surface area (Å²) in [5.41, 5.74) is 5.33. The highest BCUT2D eigenvalue weighted by Crippen LogP contribution is 2.41.